The van der Waals surface area contributed by atoms with Gasteiger partial charge in [0.1, 0.15) is 36.1 Å². The molecule has 0 aliphatic rings. The van der Waals surface area contributed by atoms with Crippen LogP contribution in [0.5, 0.6) is 17.2 Å². The second-order valence-electron chi connectivity index (χ2n) is 4.53. The maximum atomic E-state index is 6.03. The Morgan fingerprint density at radius 2 is 1.38 bits per heavy atom. The summed E-state index contributed by atoms with van der Waals surface area (Å²) in [5.41, 5.74) is 6.56. The average molecular weight is 287 g/mol. The molecule has 0 spiro atoms. The Morgan fingerprint density at radius 3 is 2.05 bits per heavy atom. The highest BCUT2D eigenvalue weighted by atomic mass is 16.5. The summed E-state index contributed by atoms with van der Waals surface area (Å²) in [6.07, 6.45) is 0.940. The Kier molecular flexibility index (Phi) is 5.76. The van der Waals surface area contributed by atoms with Gasteiger partial charge in [-0.15, -0.1) is 0 Å². The van der Waals surface area contributed by atoms with Crippen LogP contribution in [0.15, 0.2) is 48.5 Å². The SMILES string of the molecule is CCCOc1cccc(OCCOc2ccccc2)c1N. The van der Waals surface area contributed by atoms with Gasteiger partial charge in [-0.05, 0) is 30.7 Å². The van der Waals surface area contributed by atoms with Crippen molar-refractivity contribution in [3.8, 4) is 17.2 Å². The van der Waals surface area contributed by atoms with E-state index in [2.05, 4.69) is 6.92 Å². The number of hydrogen-bond donors (Lipinski definition) is 1. The highest BCUT2D eigenvalue weighted by molar-refractivity contribution is 5.62. The zero-order valence-corrected chi connectivity index (χ0v) is 12.2. The van der Waals surface area contributed by atoms with Gasteiger partial charge in [-0.2, -0.15) is 0 Å². The first-order chi connectivity index (χ1) is 10.3. The van der Waals surface area contributed by atoms with Gasteiger partial charge in [0.15, 0.2) is 0 Å². The highest BCUT2D eigenvalue weighted by Gasteiger charge is 2.06. The third-order valence-electron chi connectivity index (χ3n) is 2.84. The van der Waals surface area contributed by atoms with Crippen molar-refractivity contribution < 1.29 is 14.2 Å². The zero-order chi connectivity index (χ0) is 14.9. The fourth-order valence-corrected chi connectivity index (χ4v) is 1.82. The molecular formula is C17H21NO3. The van der Waals surface area contributed by atoms with Gasteiger partial charge in [0, 0.05) is 0 Å². The molecule has 0 aliphatic carbocycles. The molecule has 2 N–H and O–H groups in total. The van der Waals surface area contributed by atoms with Crippen LogP contribution in [0.4, 0.5) is 5.69 Å². The Balaban J connectivity index is 1.83. The van der Waals surface area contributed by atoms with Crippen molar-refractivity contribution in [1.29, 1.82) is 0 Å². The lowest BCUT2D eigenvalue weighted by molar-refractivity contribution is 0.217. The maximum absolute atomic E-state index is 6.03. The van der Waals surface area contributed by atoms with E-state index in [9.17, 15) is 0 Å². The van der Waals surface area contributed by atoms with Gasteiger partial charge in [-0.25, -0.2) is 0 Å². The van der Waals surface area contributed by atoms with Gasteiger partial charge in [-0.1, -0.05) is 31.2 Å². The monoisotopic (exact) mass is 287 g/mol. The van der Waals surface area contributed by atoms with Crippen LogP contribution in [-0.4, -0.2) is 19.8 Å². The summed E-state index contributed by atoms with van der Waals surface area (Å²) in [6.45, 7) is 3.59. The normalized spacial score (nSPS) is 10.1. The first-order valence-corrected chi connectivity index (χ1v) is 7.13. The lowest BCUT2D eigenvalue weighted by atomic mass is 10.2. The number of nitrogen functional groups attached to an aromatic ring is 1. The number of benzene rings is 2. The molecule has 0 bridgehead atoms. The number of anilines is 1. The van der Waals surface area contributed by atoms with Crippen LogP contribution in [0.3, 0.4) is 0 Å². The first kappa shape index (κ1) is 15.0. The number of rotatable bonds is 8. The van der Waals surface area contributed by atoms with E-state index in [-0.39, 0.29) is 0 Å². The summed E-state index contributed by atoms with van der Waals surface area (Å²) in [7, 11) is 0. The van der Waals surface area contributed by atoms with Gasteiger partial charge in [0.05, 0.1) is 6.61 Å². The van der Waals surface area contributed by atoms with Crippen molar-refractivity contribution in [3.05, 3.63) is 48.5 Å². The predicted octanol–water partition coefficient (Wildman–Crippen LogP) is 3.52. The molecule has 21 heavy (non-hydrogen) atoms. The number of para-hydroxylation sites is 2. The van der Waals surface area contributed by atoms with Gasteiger partial charge in [0.2, 0.25) is 0 Å². The molecule has 2 aromatic rings. The van der Waals surface area contributed by atoms with Crippen molar-refractivity contribution in [1.82, 2.24) is 0 Å². The third-order valence-corrected chi connectivity index (χ3v) is 2.84. The van der Waals surface area contributed by atoms with E-state index in [0.29, 0.717) is 37.0 Å². The molecule has 4 nitrogen and oxygen atoms in total. The second kappa shape index (κ2) is 8.04. The van der Waals surface area contributed by atoms with Gasteiger partial charge < -0.3 is 19.9 Å². The smallest absolute Gasteiger partial charge is 0.146 e. The summed E-state index contributed by atoms with van der Waals surface area (Å²) in [6, 6.07) is 15.2. The molecule has 0 atom stereocenters. The Morgan fingerprint density at radius 1 is 0.762 bits per heavy atom. The molecule has 4 heteroatoms. The summed E-state index contributed by atoms with van der Waals surface area (Å²) >= 11 is 0. The number of hydrogen-bond acceptors (Lipinski definition) is 4. The van der Waals surface area contributed by atoms with E-state index in [0.717, 1.165) is 12.2 Å². The third kappa shape index (κ3) is 4.60. The molecule has 2 aromatic carbocycles. The Labute approximate surface area is 125 Å². The summed E-state index contributed by atoms with van der Waals surface area (Å²) in [5.74, 6) is 2.12. The number of nitrogens with two attached hydrogens (primary N) is 1. The molecule has 2 rings (SSSR count). The molecule has 0 aliphatic heterocycles. The van der Waals surface area contributed by atoms with Crippen LogP contribution >= 0.6 is 0 Å². The van der Waals surface area contributed by atoms with Crippen LogP contribution in [0, 0.1) is 0 Å². The maximum Gasteiger partial charge on any atom is 0.146 e. The van der Waals surface area contributed by atoms with E-state index in [4.69, 9.17) is 19.9 Å². The molecule has 112 valence electrons. The largest absolute Gasteiger partial charge is 0.491 e. The van der Waals surface area contributed by atoms with Crippen molar-refractivity contribution in [2.24, 2.45) is 0 Å². The molecule has 0 saturated heterocycles. The van der Waals surface area contributed by atoms with E-state index in [1.54, 1.807) is 0 Å². The molecule has 0 heterocycles. The molecular weight excluding hydrogens is 266 g/mol. The van der Waals surface area contributed by atoms with Crippen LogP contribution in [0.2, 0.25) is 0 Å². The van der Waals surface area contributed by atoms with E-state index in [1.165, 1.54) is 0 Å². The Hall–Kier alpha value is -2.36. The molecule has 0 amide bonds. The molecule has 0 aromatic heterocycles. The fraction of sp³-hybridized carbons (Fsp3) is 0.294. The minimum Gasteiger partial charge on any atom is -0.491 e. The number of ether oxygens (including phenoxy) is 3. The van der Waals surface area contributed by atoms with Gasteiger partial charge in [-0.3, -0.25) is 0 Å². The average Bonchev–Trinajstić information content (AvgIpc) is 2.53. The van der Waals surface area contributed by atoms with Crippen molar-refractivity contribution in [2.75, 3.05) is 25.6 Å². The standard InChI is InChI=1S/C17H21NO3/c1-2-11-20-15-9-6-10-16(17(15)18)21-13-12-19-14-7-4-3-5-8-14/h3-10H,2,11-13,18H2,1H3. The molecule has 0 fully saturated rings. The van der Waals surface area contributed by atoms with Crippen molar-refractivity contribution in [3.63, 3.8) is 0 Å². The Bertz CT molecular complexity index is 543. The van der Waals surface area contributed by atoms with Crippen LogP contribution in [0.1, 0.15) is 13.3 Å². The van der Waals surface area contributed by atoms with Crippen molar-refractivity contribution >= 4 is 5.69 Å². The van der Waals surface area contributed by atoms with E-state index >= 15 is 0 Å². The summed E-state index contributed by atoms with van der Waals surface area (Å²) in [4.78, 5) is 0. The lowest BCUT2D eigenvalue weighted by Crippen LogP contribution is -2.10. The topological polar surface area (TPSA) is 53.7 Å². The second-order valence-corrected chi connectivity index (χ2v) is 4.53. The van der Waals surface area contributed by atoms with Crippen LogP contribution in [0.25, 0.3) is 0 Å². The first-order valence-electron chi connectivity index (χ1n) is 7.13. The van der Waals surface area contributed by atoms with Gasteiger partial charge >= 0.3 is 0 Å². The lowest BCUT2D eigenvalue weighted by Gasteiger charge is -2.13. The van der Waals surface area contributed by atoms with E-state index < -0.39 is 0 Å². The quantitative estimate of drug-likeness (QED) is 0.596. The fourth-order valence-electron chi connectivity index (χ4n) is 1.82. The predicted molar refractivity (Wildman–Crippen MR) is 84.1 cm³/mol. The molecule has 0 radical (unpaired) electrons. The van der Waals surface area contributed by atoms with Crippen LogP contribution < -0.4 is 19.9 Å². The van der Waals surface area contributed by atoms with Crippen LogP contribution in [-0.2, 0) is 0 Å². The summed E-state index contributed by atoms with van der Waals surface area (Å²) in [5, 5.41) is 0. The van der Waals surface area contributed by atoms with Gasteiger partial charge in [0.25, 0.3) is 0 Å². The minimum atomic E-state index is 0.427. The molecule has 0 unspecified atom stereocenters. The molecule has 0 saturated carbocycles. The zero-order valence-electron chi connectivity index (χ0n) is 12.2. The van der Waals surface area contributed by atoms with Crippen molar-refractivity contribution in [2.45, 2.75) is 13.3 Å². The minimum absolute atomic E-state index is 0.427. The van der Waals surface area contributed by atoms with E-state index in [1.807, 2.05) is 48.5 Å². The highest BCUT2D eigenvalue weighted by Crippen LogP contribution is 2.31. The summed E-state index contributed by atoms with van der Waals surface area (Å²) < 4.78 is 16.8.